The molecule has 2 unspecified atom stereocenters. The molecule has 1 heterocycles. The molecule has 0 spiro atoms. The van der Waals surface area contributed by atoms with Crippen LogP contribution in [0, 0.1) is 11.7 Å². The zero-order chi connectivity index (χ0) is 22.9. The van der Waals surface area contributed by atoms with E-state index in [9.17, 15) is 24.2 Å². The number of hydrogen-bond acceptors (Lipinski definition) is 4. The lowest BCUT2D eigenvalue weighted by atomic mass is 9.80. The highest BCUT2D eigenvalue weighted by molar-refractivity contribution is 8.09. The number of thioether (sulfide) groups is 1. The summed E-state index contributed by atoms with van der Waals surface area (Å²) in [7, 11) is 0. The van der Waals surface area contributed by atoms with E-state index in [-0.39, 0.29) is 17.8 Å². The third kappa shape index (κ3) is 4.44. The molecule has 4 atom stereocenters. The predicted octanol–water partition coefficient (Wildman–Crippen LogP) is 4.47. The van der Waals surface area contributed by atoms with Gasteiger partial charge in [0.15, 0.2) is 0 Å². The van der Waals surface area contributed by atoms with Gasteiger partial charge in [-0.2, -0.15) is 0 Å². The second kappa shape index (κ2) is 9.17. The number of benzene rings is 1. The summed E-state index contributed by atoms with van der Waals surface area (Å²) in [5.41, 5.74) is 0.592. The fourth-order valence-corrected chi connectivity index (χ4v) is 6.20. The molecular weight excluding hydrogens is 417 g/mol. The van der Waals surface area contributed by atoms with Crippen LogP contribution in [0.2, 0.25) is 0 Å². The molecule has 0 radical (unpaired) electrons. The monoisotopic (exact) mass is 447 g/mol. The largest absolute Gasteiger partial charge is 0.480 e. The van der Waals surface area contributed by atoms with Crippen molar-refractivity contribution in [2.24, 2.45) is 5.92 Å². The lowest BCUT2D eigenvalue weighted by Gasteiger charge is -2.47. The van der Waals surface area contributed by atoms with Gasteiger partial charge >= 0.3 is 5.97 Å². The smallest absolute Gasteiger partial charge is 0.319 e. The van der Waals surface area contributed by atoms with Gasteiger partial charge in [-0.1, -0.05) is 31.2 Å². The zero-order valence-corrected chi connectivity index (χ0v) is 19.0. The van der Waals surface area contributed by atoms with Gasteiger partial charge in [0.1, 0.15) is 11.1 Å². The van der Waals surface area contributed by atoms with Gasteiger partial charge in [0.05, 0.1) is 17.6 Å². The van der Waals surface area contributed by atoms with Crippen molar-refractivity contribution < 1.29 is 24.2 Å². The molecule has 31 heavy (non-hydrogen) atoms. The predicted molar refractivity (Wildman–Crippen MR) is 121 cm³/mol. The summed E-state index contributed by atoms with van der Waals surface area (Å²) >= 11 is 1.19. The van der Waals surface area contributed by atoms with Crippen molar-refractivity contribution in [2.75, 3.05) is 0 Å². The summed E-state index contributed by atoms with van der Waals surface area (Å²) in [6.07, 6.45) is 3.00. The van der Waals surface area contributed by atoms with Gasteiger partial charge in [-0.05, 0) is 63.3 Å². The molecule has 0 bridgehead atoms. The van der Waals surface area contributed by atoms with E-state index >= 15 is 0 Å². The first-order valence-electron chi connectivity index (χ1n) is 10.7. The van der Waals surface area contributed by atoms with Crippen molar-refractivity contribution in [1.82, 2.24) is 4.90 Å². The number of rotatable bonds is 6. The Kier molecular flexibility index (Phi) is 6.96. The molecule has 1 aromatic rings. The first-order valence-corrected chi connectivity index (χ1v) is 11.5. The number of nitrogens with zero attached hydrogens (tertiary/aromatic N) is 1. The summed E-state index contributed by atoms with van der Waals surface area (Å²) in [6, 6.07) is 5.66. The first kappa shape index (κ1) is 23.5. The molecule has 0 saturated heterocycles. The van der Waals surface area contributed by atoms with Crippen LogP contribution in [0.15, 0.2) is 42.5 Å². The SMILES string of the molecule is C=C1CC[C@@H](C(=O)N(C(C)C)C2(CC)C=C(c3ccc(F)cc3)SC2C(=O)O)[C@@H](O)C1. The molecule has 5 nitrogen and oxygen atoms in total. The Balaban J connectivity index is 2.06. The van der Waals surface area contributed by atoms with E-state index in [0.717, 1.165) is 11.1 Å². The number of carboxylic acids is 1. The molecule has 1 aliphatic carbocycles. The van der Waals surface area contributed by atoms with Gasteiger partial charge in [0, 0.05) is 10.9 Å². The fourth-order valence-electron chi connectivity index (χ4n) is 4.75. The Bertz CT molecular complexity index is 897. The van der Waals surface area contributed by atoms with Gasteiger partial charge in [0.2, 0.25) is 5.91 Å². The summed E-state index contributed by atoms with van der Waals surface area (Å²) in [6.45, 7) is 9.55. The number of carbonyl (C=O) groups is 2. The van der Waals surface area contributed by atoms with Crippen LogP contribution in [-0.4, -0.2) is 49.9 Å². The van der Waals surface area contributed by atoms with E-state index in [1.165, 1.54) is 23.9 Å². The highest BCUT2D eigenvalue weighted by Crippen LogP contribution is 2.50. The number of hydrogen-bond donors (Lipinski definition) is 2. The fraction of sp³-hybridized carbons (Fsp3) is 0.500. The van der Waals surface area contributed by atoms with Crippen LogP contribution in [-0.2, 0) is 9.59 Å². The van der Waals surface area contributed by atoms with Crippen LogP contribution in [0.1, 0.15) is 52.0 Å². The normalized spacial score (nSPS) is 28.5. The molecule has 1 aliphatic heterocycles. The number of carbonyl (C=O) groups excluding carboxylic acids is 1. The molecule has 7 heteroatoms. The Hall–Kier alpha value is -2.12. The molecule has 3 rings (SSSR count). The van der Waals surface area contributed by atoms with E-state index < -0.39 is 28.8 Å². The Labute approximate surface area is 187 Å². The van der Waals surface area contributed by atoms with Gasteiger partial charge < -0.3 is 15.1 Å². The summed E-state index contributed by atoms with van der Waals surface area (Å²) in [4.78, 5) is 28.4. The second-order valence-corrected chi connectivity index (χ2v) is 9.81. The minimum Gasteiger partial charge on any atom is -0.480 e. The van der Waals surface area contributed by atoms with Crippen molar-refractivity contribution in [2.45, 2.75) is 69.4 Å². The standard InChI is InChI=1S/C24H30FNO4S/c1-5-24(26(14(2)3)22(28)18-11-6-15(4)12-19(18)27)13-20(31-21(24)23(29)30)16-7-9-17(25)10-8-16/h7-10,13-14,18-19,21,27H,4-6,11-12H2,1-3H3,(H,29,30)/t18-,19+,21?,24?/m1/s1. The van der Waals surface area contributed by atoms with Crippen LogP contribution in [0.3, 0.4) is 0 Å². The van der Waals surface area contributed by atoms with Crippen molar-refractivity contribution in [3.05, 3.63) is 53.9 Å². The molecule has 1 saturated carbocycles. The van der Waals surface area contributed by atoms with Crippen LogP contribution in [0.4, 0.5) is 4.39 Å². The zero-order valence-electron chi connectivity index (χ0n) is 18.2. The van der Waals surface area contributed by atoms with Gasteiger partial charge in [-0.3, -0.25) is 9.59 Å². The summed E-state index contributed by atoms with van der Waals surface area (Å²) in [5.74, 6) is -2.17. The maximum atomic E-state index is 13.7. The highest BCUT2D eigenvalue weighted by atomic mass is 32.2. The van der Waals surface area contributed by atoms with Crippen molar-refractivity contribution in [3.63, 3.8) is 0 Å². The number of aliphatic hydroxyl groups excluding tert-OH is 1. The third-order valence-electron chi connectivity index (χ3n) is 6.29. The highest BCUT2D eigenvalue weighted by Gasteiger charge is 2.54. The molecular formula is C24H30FNO4S. The number of halogens is 1. The third-order valence-corrected chi connectivity index (χ3v) is 7.74. The van der Waals surface area contributed by atoms with Crippen LogP contribution in [0.25, 0.3) is 4.91 Å². The van der Waals surface area contributed by atoms with E-state index in [1.54, 1.807) is 17.0 Å². The van der Waals surface area contributed by atoms with E-state index in [1.807, 2.05) is 26.8 Å². The van der Waals surface area contributed by atoms with Crippen molar-refractivity contribution >= 4 is 28.5 Å². The Morgan fingerprint density at radius 3 is 2.48 bits per heavy atom. The molecule has 168 valence electrons. The average molecular weight is 448 g/mol. The number of carboxylic acid groups (broad SMARTS) is 1. The van der Waals surface area contributed by atoms with E-state index in [0.29, 0.717) is 30.6 Å². The Morgan fingerprint density at radius 1 is 1.32 bits per heavy atom. The first-order chi connectivity index (χ1) is 14.6. The molecule has 2 aliphatic rings. The molecule has 1 aromatic carbocycles. The maximum absolute atomic E-state index is 13.7. The second-order valence-electron chi connectivity index (χ2n) is 8.67. The molecule has 1 fully saturated rings. The topological polar surface area (TPSA) is 77.8 Å². The van der Waals surface area contributed by atoms with Crippen molar-refractivity contribution in [1.29, 1.82) is 0 Å². The minimum atomic E-state index is -1.06. The number of aliphatic carboxylic acids is 1. The van der Waals surface area contributed by atoms with Gasteiger partial charge in [0.25, 0.3) is 0 Å². The summed E-state index contributed by atoms with van der Waals surface area (Å²) < 4.78 is 13.4. The van der Waals surface area contributed by atoms with Crippen molar-refractivity contribution in [3.8, 4) is 0 Å². The molecule has 1 amide bonds. The van der Waals surface area contributed by atoms with Crippen LogP contribution in [0.5, 0.6) is 0 Å². The average Bonchev–Trinajstić information content (AvgIpc) is 3.09. The Morgan fingerprint density at radius 2 is 1.97 bits per heavy atom. The molecule has 0 aromatic heterocycles. The van der Waals surface area contributed by atoms with E-state index in [2.05, 4.69) is 6.58 Å². The van der Waals surface area contributed by atoms with Crippen LogP contribution >= 0.6 is 11.8 Å². The van der Waals surface area contributed by atoms with Crippen LogP contribution < -0.4 is 0 Å². The number of amides is 1. The van der Waals surface area contributed by atoms with Gasteiger partial charge in [-0.15, -0.1) is 11.8 Å². The summed E-state index contributed by atoms with van der Waals surface area (Å²) in [5, 5.41) is 19.8. The molecule has 2 N–H and O–H groups in total. The quantitative estimate of drug-likeness (QED) is 0.629. The van der Waals surface area contributed by atoms with Gasteiger partial charge in [-0.25, -0.2) is 4.39 Å². The number of aliphatic hydroxyl groups is 1. The van der Waals surface area contributed by atoms with E-state index in [4.69, 9.17) is 0 Å². The lowest BCUT2D eigenvalue weighted by molar-refractivity contribution is -0.150. The lowest BCUT2D eigenvalue weighted by Crippen LogP contribution is -2.62. The maximum Gasteiger partial charge on any atom is 0.319 e. The minimum absolute atomic E-state index is 0.222.